The number of carbonyl (C=O) groups excluding carboxylic acids is 1. The Kier molecular flexibility index (Phi) is 7.86. The summed E-state index contributed by atoms with van der Waals surface area (Å²) in [6.07, 6.45) is 0.713. The molecule has 0 spiro atoms. The Bertz CT molecular complexity index is 1480. The van der Waals surface area contributed by atoms with Crippen molar-refractivity contribution in [1.82, 2.24) is 15.0 Å². The van der Waals surface area contributed by atoms with E-state index in [1.165, 1.54) is 7.11 Å². The lowest BCUT2D eigenvalue weighted by molar-refractivity contribution is -0.140. The third kappa shape index (κ3) is 6.17. The molecule has 0 saturated carbocycles. The van der Waals surface area contributed by atoms with E-state index in [4.69, 9.17) is 19.7 Å². The summed E-state index contributed by atoms with van der Waals surface area (Å²) in [6, 6.07) is 16.2. The van der Waals surface area contributed by atoms with E-state index in [-0.39, 0.29) is 23.6 Å². The fourth-order valence-electron chi connectivity index (χ4n) is 4.80. The summed E-state index contributed by atoms with van der Waals surface area (Å²) < 4.78 is 4.86. The molecular formula is C33H37N3O3. The molecule has 0 aliphatic carbocycles. The predicted molar refractivity (Wildman–Crippen MR) is 156 cm³/mol. The lowest BCUT2D eigenvalue weighted by atomic mass is 9.83. The van der Waals surface area contributed by atoms with Gasteiger partial charge in [0.05, 0.1) is 12.7 Å². The quantitative estimate of drug-likeness (QED) is 0.269. The zero-order valence-corrected chi connectivity index (χ0v) is 24.1. The van der Waals surface area contributed by atoms with Crippen molar-refractivity contribution >= 4 is 5.97 Å². The van der Waals surface area contributed by atoms with Gasteiger partial charge in [-0.15, -0.1) is 0 Å². The van der Waals surface area contributed by atoms with Crippen LogP contribution in [-0.4, -0.2) is 33.1 Å². The molecule has 0 aliphatic rings. The summed E-state index contributed by atoms with van der Waals surface area (Å²) in [5.41, 5.74) is 8.09. The van der Waals surface area contributed by atoms with Crippen molar-refractivity contribution in [3.8, 4) is 39.9 Å². The molecule has 0 saturated heterocycles. The van der Waals surface area contributed by atoms with E-state index in [1.807, 2.05) is 71.0 Å². The molecule has 0 fully saturated rings. The van der Waals surface area contributed by atoms with Gasteiger partial charge in [0.15, 0.2) is 17.5 Å². The zero-order valence-electron chi connectivity index (χ0n) is 24.1. The number of hydrogen-bond acceptors (Lipinski definition) is 6. The molecule has 4 aromatic rings. The number of rotatable bonds is 6. The Hall–Kier alpha value is -4.06. The van der Waals surface area contributed by atoms with E-state index in [0.29, 0.717) is 29.5 Å². The van der Waals surface area contributed by atoms with Crippen LogP contribution in [0.15, 0.2) is 48.5 Å². The Morgan fingerprint density at radius 2 is 1.26 bits per heavy atom. The molecule has 202 valence electrons. The van der Waals surface area contributed by atoms with Crippen LogP contribution in [-0.2, 0) is 21.4 Å². The summed E-state index contributed by atoms with van der Waals surface area (Å²) in [4.78, 5) is 26.6. The molecule has 3 aromatic carbocycles. The van der Waals surface area contributed by atoms with Gasteiger partial charge in [0.25, 0.3) is 0 Å². The number of aryl methyl sites for hydroxylation is 5. The number of aromatic hydroxyl groups is 1. The maximum Gasteiger partial charge on any atom is 0.305 e. The van der Waals surface area contributed by atoms with Crippen LogP contribution < -0.4 is 0 Å². The fraction of sp³-hybridized carbons (Fsp3) is 0.333. The molecular weight excluding hydrogens is 486 g/mol. The van der Waals surface area contributed by atoms with Gasteiger partial charge in [-0.1, -0.05) is 74.4 Å². The number of carbonyl (C=O) groups is 1. The van der Waals surface area contributed by atoms with Crippen molar-refractivity contribution in [2.45, 2.75) is 66.7 Å². The van der Waals surface area contributed by atoms with E-state index in [2.05, 4.69) is 26.0 Å². The predicted octanol–water partition coefficient (Wildman–Crippen LogP) is 7.21. The monoisotopic (exact) mass is 523 g/mol. The highest BCUT2D eigenvalue weighted by atomic mass is 16.5. The maximum absolute atomic E-state index is 11.9. The molecule has 0 atom stereocenters. The van der Waals surface area contributed by atoms with Gasteiger partial charge in [-0.25, -0.2) is 15.0 Å². The molecule has 0 bridgehead atoms. The third-order valence-corrected chi connectivity index (χ3v) is 6.95. The molecule has 39 heavy (non-hydrogen) atoms. The number of phenolic OH excluding ortho intramolecular Hbond substituents is 1. The highest BCUT2D eigenvalue weighted by Crippen LogP contribution is 2.40. The van der Waals surface area contributed by atoms with Gasteiger partial charge in [0, 0.05) is 23.1 Å². The first-order valence-electron chi connectivity index (χ1n) is 13.2. The molecule has 1 N–H and O–H groups in total. The van der Waals surface area contributed by atoms with Crippen LogP contribution in [0.4, 0.5) is 0 Å². The third-order valence-electron chi connectivity index (χ3n) is 6.95. The second kappa shape index (κ2) is 11.0. The SMILES string of the molecule is COC(=O)CCc1cc(-c2nc(-c3ccc(C)cc3C)nc(-c3ccc(C)cc3C)n2)c(O)c(C(C)(C)C)c1. The Morgan fingerprint density at radius 1 is 0.769 bits per heavy atom. The van der Waals surface area contributed by atoms with Crippen LogP contribution in [0.1, 0.15) is 60.6 Å². The summed E-state index contributed by atoms with van der Waals surface area (Å²) in [5, 5.41) is 11.5. The topological polar surface area (TPSA) is 85.2 Å². The average molecular weight is 524 g/mol. The summed E-state index contributed by atoms with van der Waals surface area (Å²) >= 11 is 0. The minimum atomic E-state index is -0.347. The Balaban J connectivity index is 1.99. The largest absolute Gasteiger partial charge is 0.507 e. The van der Waals surface area contributed by atoms with Crippen molar-refractivity contribution in [3.05, 3.63) is 81.9 Å². The average Bonchev–Trinajstić information content (AvgIpc) is 2.86. The molecule has 6 heteroatoms. The molecule has 0 amide bonds. The number of methoxy groups -OCH3 is 1. The van der Waals surface area contributed by atoms with Gasteiger partial charge in [-0.3, -0.25) is 4.79 Å². The van der Waals surface area contributed by atoms with Gasteiger partial charge in [0.2, 0.25) is 0 Å². The fourth-order valence-corrected chi connectivity index (χ4v) is 4.80. The number of nitrogens with zero attached hydrogens (tertiary/aromatic N) is 3. The molecule has 0 radical (unpaired) electrons. The zero-order chi connectivity index (χ0) is 28.5. The first-order valence-corrected chi connectivity index (χ1v) is 13.2. The number of esters is 1. The van der Waals surface area contributed by atoms with Crippen LogP contribution in [0.3, 0.4) is 0 Å². The van der Waals surface area contributed by atoms with Gasteiger partial charge < -0.3 is 9.84 Å². The van der Waals surface area contributed by atoms with Crippen molar-refractivity contribution in [3.63, 3.8) is 0 Å². The molecule has 6 nitrogen and oxygen atoms in total. The lowest BCUT2D eigenvalue weighted by Gasteiger charge is -2.23. The van der Waals surface area contributed by atoms with Crippen molar-refractivity contribution < 1.29 is 14.6 Å². The first-order chi connectivity index (χ1) is 18.4. The minimum absolute atomic E-state index is 0.133. The van der Waals surface area contributed by atoms with E-state index >= 15 is 0 Å². The van der Waals surface area contributed by atoms with Gasteiger partial charge >= 0.3 is 5.97 Å². The van der Waals surface area contributed by atoms with Crippen LogP contribution >= 0.6 is 0 Å². The molecule has 0 aliphatic heterocycles. The van der Waals surface area contributed by atoms with Crippen LogP contribution in [0.2, 0.25) is 0 Å². The summed E-state index contributed by atoms with van der Waals surface area (Å²) in [5.74, 6) is 1.33. The summed E-state index contributed by atoms with van der Waals surface area (Å²) in [7, 11) is 1.39. The number of phenols is 1. The second-order valence-electron chi connectivity index (χ2n) is 11.3. The highest BCUT2D eigenvalue weighted by molar-refractivity contribution is 5.74. The van der Waals surface area contributed by atoms with Crippen molar-refractivity contribution in [2.75, 3.05) is 7.11 Å². The number of hydrogen-bond donors (Lipinski definition) is 1. The van der Waals surface area contributed by atoms with Crippen LogP contribution in [0.25, 0.3) is 34.2 Å². The smallest absolute Gasteiger partial charge is 0.305 e. The number of benzene rings is 3. The van der Waals surface area contributed by atoms with E-state index in [1.54, 1.807) is 0 Å². The van der Waals surface area contributed by atoms with E-state index in [0.717, 1.165) is 44.5 Å². The maximum atomic E-state index is 11.9. The van der Waals surface area contributed by atoms with Gasteiger partial charge in [-0.05, 0) is 62.3 Å². The number of aromatic nitrogens is 3. The summed E-state index contributed by atoms with van der Waals surface area (Å²) in [6.45, 7) is 14.4. The minimum Gasteiger partial charge on any atom is -0.507 e. The van der Waals surface area contributed by atoms with Crippen LogP contribution in [0, 0.1) is 27.7 Å². The second-order valence-corrected chi connectivity index (χ2v) is 11.3. The number of ether oxygens (including phenoxy) is 1. The van der Waals surface area contributed by atoms with Gasteiger partial charge in [-0.2, -0.15) is 0 Å². The molecule has 1 aromatic heterocycles. The van der Waals surface area contributed by atoms with E-state index in [9.17, 15) is 9.90 Å². The molecule has 0 unspecified atom stereocenters. The van der Waals surface area contributed by atoms with Crippen molar-refractivity contribution in [1.29, 1.82) is 0 Å². The van der Waals surface area contributed by atoms with E-state index < -0.39 is 0 Å². The lowest BCUT2D eigenvalue weighted by Crippen LogP contribution is -2.13. The Labute approximate surface area is 231 Å². The van der Waals surface area contributed by atoms with Crippen molar-refractivity contribution in [2.24, 2.45) is 0 Å². The molecule has 1 heterocycles. The molecule has 4 rings (SSSR count). The first kappa shape index (κ1) is 28.0. The van der Waals surface area contributed by atoms with Crippen LogP contribution in [0.5, 0.6) is 5.75 Å². The van der Waals surface area contributed by atoms with Gasteiger partial charge in [0.1, 0.15) is 5.75 Å². The standard InChI is InChI=1S/C33H37N3O3/c1-19-9-12-24(21(3)15-19)30-34-31(25-13-10-20(2)16-22(25)4)36-32(35-30)26-17-23(11-14-28(37)39-8)18-27(29(26)38)33(5,6)7/h9-10,12-13,15-18,38H,11,14H2,1-8H3. The normalized spacial score (nSPS) is 11.5. The Morgan fingerprint density at radius 3 is 1.69 bits per heavy atom. The highest BCUT2D eigenvalue weighted by Gasteiger charge is 2.25.